The molecule has 5 rings (SSSR count). The van der Waals surface area contributed by atoms with Crippen LogP contribution in [0.25, 0.3) is 11.1 Å². The second-order valence-corrected chi connectivity index (χ2v) is 13.6. The second kappa shape index (κ2) is 11.9. The smallest absolute Gasteiger partial charge is 0.337 e. The number of anilines is 1. The maximum atomic E-state index is 13.5. The Kier molecular flexibility index (Phi) is 8.56. The van der Waals surface area contributed by atoms with Crippen LogP contribution in [0.15, 0.2) is 42.5 Å². The number of aryl methyl sites for hydroxylation is 2. The number of halogens is 1. The highest BCUT2D eigenvalue weighted by Crippen LogP contribution is 2.46. The van der Waals surface area contributed by atoms with Gasteiger partial charge in [-0.1, -0.05) is 32.0 Å². The van der Waals surface area contributed by atoms with E-state index in [0.29, 0.717) is 17.0 Å². The van der Waals surface area contributed by atoms with Crippen LogP contribution in [0.2, 0.25) is 0 Å². The van der Waals surface area contributed by atoms with E-state index in [2.05, 4.69) is 24.8 Å². The summed E-state index contributed by atoms with van der Waals surface area (Å²) in [5, 5.41) is 21.0. The molecule has 2 aromatic carbocycles. The van der Waals surface area contributed by atoms with E-state index in [9.17, 15) is 19.4 Å². The van der Waals surface area contributed by atoms with Crippen molar-refractivity contribution in [1.29, 1.82) is 0 Å². The van der Waals surface area contributed by atoms with E-state index in [1.165, 1.54) is 12.1 Å². The van der Waals surface area contributed by atoms with Crippen LogP contribution in [0.5, 0.6) is 5.75 Å². The molecule has 0 amide bonds. The highest BCUT2D eigenvalue weighted by Gasteiger charge is 2.37. The van der Waals surface area contributed by atoms with Crippen molar-refractivity contribution in [2.45, 2.75) is 91.6 Å². The van der Waals surface area contributed by atoms with Gasteiger partial charge in [-0.2, -0.15) is 0 Å². The number of hydrogen-bond acceptors (Lipinski definition) is 6. The van der Waals surface area contributed by atoms with Crippen molar-refractivity contribution in [2.75, 3.05) is 18.0 Å². The Morgan fingerprint density at radius 3 is 2.44 bits per heavy atom. The van der Waals surface area contributed by atoms with Gasteiger partial charge in [-0.05, 0) is 99.7 Å². The number of pyridine rings is 1. The van der Waals surface area contributed by atoms with Gasteiger partial charge in [0.1, 0.15) is 17.7 Å². The minimum absolute atomic E-state index is 0.169. The lowest BCUT2D eigenvalue weighted by Crippen LogP contribution is -2.39. The third kappa shape index (κ3) is 6.70. The third-order valence-electron chi connectivity index (χ3n) is 8.55. The summed E-state index contributed by atoms with van der Waals surface area (Å²) in [5.74, 6) is -0.593. The number of aromatic nitrogens is 1. The quantitative estimate of drug-likeness (QED) is 0.298. The summed E-state index contributed by atoms with van der Waals surface area (Å²) in [6.07, 6.45) is 1.98. The number of carboxylic acids is 1. The number of benzene rings is 2. The van der Waals surface area contributed by atoms with Crippen molar-refractivity contribution in [1.82, 2.24) is 4.98 Å². The molecule has 2 aliphatic heterocycles. The van der Waals surface area contributed by atoms with E-state index in [-0.39, 0.29) is 23.9 Å². The number of aliphatic carboxylic acids is 1. The van der Waals surface area contributed by atoms with E-state index in [1.54, 1.807) is 19.1 Å². The molecule has 43 heavy (non-hydrogen) atoms. The van der Waals surface area contributed by atoms with Crippen LogP contribution in [-0.4, -0.2) is 39.9 Å². The van der Waals surface area contributed by atoms with E-state index < -0.39 is 17.7 Å². The van der Waals surface area contributed by atoms with Gasteiger partial charge in [0.2, 0.25) is 0 Å². The highest BCUT2D eigenvalue weighted by molar-refractivity contribution is 5.88. The van der Waals surface area contributed by atoms with Crippen molar-refractivity contribution in [2.24, 2.45) is 5.41 Å². The first-order valence-corrected chi connectivity index (χ1v) is 15.1. The number of hydrogen-bond donors (Lipinski definition) is 2. The summed E-state index contributed by atoms with van der Waals surface area (Å²) < 4.78 is 26.0. The van der Waals surface area contributed by atoms with Crippen LogP contribution in [0, 0.1) is 18.2 Å². The number of nitrogens with zero attached hydrogens (tertiary/aromatic N) is 2. The molecule has 7 nitrogen and oxygen atoms in total. The number of piperidine rings is 1. The van der Waals surface area contributed by atoms with Crippen LogP contribution in [-0.2, 0) is 22.6 Å². The topological polar surface area (TPSA) is 92.1 Å². The first-order chi connectivity index (χ1) is 20.3. The first-order valence-electron chi connectivity index (χ1n) is 15.1. The largest absolute Gasteiger partial charge is 0.485 e. The molecule has 0 aliphatic carbocycles. The lowest BCUT2D eigenvalue weighted by molar-refractivity contribution is -0.160. The molecule has 1 aromatic heterocycles. The van der Waals surface area contributed by atoms with E-state index in [0.717, 1.165) is 72.5 Å². The minimum atomic E-state index is -1.23. The number of rotatable bonds is 7. The summed E-state index contributed by atoms with van der Waals surface area (Å²) in [6.45, 7) is 13.1. The number of carbonyl (C=O) groups is 1. The molecule has 0 bridgehead atoms. The van der Waals surface area contributed by atoms with E-state index in [4.69, 9.17) is 14.5 Å². The third-order valence-corrected chi connectivity index (χ3v) is 8.55. The Morgan fingerprint density at radius 2 is 1.84 bits per heavy atom. The van der Waals surface area contributed by atoms with Crippen LogP contribution in [0.1, 0.15) is 94.2 Å². The van der Waals surface area contributed by atoms with Gasteiger partial charge >= 0.3 is 5.97 Å². The summed E-state index contributed by atoms with van der Waals surface area (Å²) in [7, 11) is 0. The van der Waals surface area contributed by atoms with Gasteiger partial charge in [-0.3, -0.25) is 4.98 Å². The Hall–Kier alpha value is -3.49. The fraction of sp³-hybridized carbons (Fsp3) is 0.486. The van der Waals surface area contributed by atoms with Crippen molar-refractivity contribution in [3.8, 4) is 16.9 Å². The van der Waals surface area contributed by atoms with Gasteiger partial charge < -0.3 is 24.6 Å². The molecule has 2 atom stereocenters. The van der Waals surface area contributed by atoms with Gasteiger partial charge in [0.15, 0.2) is 6.10 Å². The molecule has 3 heterocycles. The summed E-state index contributed by atoms with van der Waals surface area (Å²) in [4.78, 5) is 19.8. The molecule has 2 N–H and O–H groups in total. The number of fused-ring (bicyclic) bond motifs is 1. The fourth-order valence-corrected chi connectivity index (χ4v) is 6.20. The molecule has 230 valence electrons. The van der Waals surface area contributed by atoms with Crippen LogP contribution >= 0.6 is 0 Å². The Morgan fingerprint density at radius 1 is 1.16 bits per heavy atom. The van der Waals surface area contributed by atoms with Gasteiger partial charge in [0.25, 0.3) is 0 Å². The van der Waals surface area contributed by atoms with E-state index >= 15 is 0 Å². The van der Waals surface area contributed by atoms with Crippen molar-refractivity contribution in [3.05, 3.63) is 76.4 Å². The predicted octanol–water partition coefficient (Wildman–Crippen LogP) is 7.32. The molecule has 2 aliphatic rings. The van der Waals surface area contributed by atoms with Crippen LogP contribution in [0.4, 0.5) is 10.1 Å². The normalized spacial score (nSPS) is 19.0. The standard InChI is InChI=1S/C35H43FN2O5/c1-21-29(32(33(40)41)43-34(2,3)4)31(38-17-15-35(5,6)16-18-38)30(26(20-39)37-21)24-10-14-28-23(19-24)9-13-27(42-28)22-7-11-25(36)12-8-22/h7-8,10-12,14,19,27,32,39H,9,13,15-18,20H2,1-6H3,(H,40,41). The highest BCUT2D eigenvalue weighted by atomic mass is 19.1. The summed E-state index contributed by atoms with van der Waals surface area (Å²) in [6, 6.07) is 12.4. The zero-order valence-corrected chi connectivity index (χ0v) is 26.0. The lowest BCUT2D eigenvalue weighted by atomic mass is 9.81. The maximum Gasteiger partial charge on any atom is 0.337 e. The average molecular weight is 591 g/mol. The minimum Gasteiger partial charge on any atom is -0.485 e. The number of ether oxygens (including phenoxy) is 2. The predicted molar refractivity (Wildman–Crippen MR) is 165 cm³/mol. The molecule has 0 saturated carbocycles. The van der Waals surface area contributed by atoms with E-state index in [1.807, 2.05) is 32.9 Å². The van der Waals surface area contributed by atoms with Crippen LogP contribution in [0.3, 0.4) is 0 Å². The SMILES string of the molecule is Cc1nc(CO)c(-c2ccc3c(c2)CCC(c2ccc(F)cc2)O3)c(N2CCC(C)(C)CC2)c1C(OC(C)(C)C)C(=O)O. The van der Waals surface area contributed by atoms with Gasteiger partial charge in [-0.15, -0.1) is 0 Å². The Balaban J connectivity index is 1.64. The average Bonchev–Trinajstić information content (AvgIpc) is 2.95. The monoisotopic (exact) mass is 590 g/mol. The number of carboxylic acid groups (broad SMARTS) is 1. The van der Waals surface area contributed by atoms with Crippen molar-refractivity contribution in [3.63, 3.8) is 0 Å². The summed E-state index contributed by atoms with van der Waals surface area (Å²) in [5.41, 5.74) is 5.33. The molecule has 2 unspecified atom stereocenters. The van der Waals surface area contributed by atoms with Crippen molar-refractivity contribution >= 4 is 11.7 Å². The first kappa shape index (κ1) is 31.0. The summed E-state index contributed by atoms with van der Waals surface area (Å²) >= 11 is 0. The van der Waals surface area contributed by atoms with Gasteiger partial charge in [-0.25, -0.2) is 9.18 Å². The number of aliphatic hydroxyl groups is 1. The Bertz CT molecular complexity index is 1490. The second-order valence-electron chi connectivity index (χ2n) is 13.6. The van der Waals surface area contributed by atoms with Gasteiger partial charge in [0.05, 0.1) is 23.6 Å². The zero-order valence-electron chi connectivity index (χ0n) is 26.0. The fourth-order valence-electron chi connectivity index (χ4n) is 6.20. The van der Waals surface area contributed by atoms with Gasteiger partial charge in [0, 0.05) is 29.9 Å². The number of aliphatic hydroxyl groups excluding tert-OH is 1. The zero-order chi connectivity index (χ0) is 31.1. The van der Waals surface area contributed by atoms with Crippen LogP contribution < -0.4 is 9.64 Å². The molecule has 1 saturated heterocycles. The molecular formula is C35H43FN2O5. The molecule has 1 fully saturated rings. The molecule has 0 radical (unpaired) electrons. The molecule has 8 heteroatoms. The Labute approximate surface area is 253 Å². The lowest BCUT2D eigenvalue weighted by Gasteiger charge is -2.41. The molecular weight excluding hydrogens is 547 g/mol. The maximum absolute atomic E-state index is 13.5. The molecule has 0 spiro atoms. The molecule has 3 aromatic rings. The van der Waals surface area contributed by atoms with Crippen molar-refractivity contribution < 1.29 is 28.9 Å².